The van der Waals surface area contributed by atoms with Crippen molar-refractivity contribution in [3.8, 4) is 17.2 Å². The molecule has 2 N–H and O–H groups in total. The van der Waals surface area contributed by atoms with E-state index in [1.54, 1.807) is 31.4 Å². The molecule has 0 unspecified atom stereocenters. The first-order chi connectivity index (χ1) is 10.6. The molecule has 0 atom stereocenters. The minimum absolute atomic E-state index is 0.0636. The number of hydrogen-bond donors (Lipinski definition) is 2. The number of halogens is 1. The van der Waals surface area contributed by atoms with E-state index in [1.165, 1.54) is 6.07 Å². The Morgan fingerprint density at radius 3 is 2.68 bits per heavy atom. The van der Waals surface area contributed by atoms with Gasteiger partial charge in [0.15, 0.2) is 11.5 Å². The van der Waals surface area contributed by atoms with Crippen molar-refractivity contribution in [1.82, 2.24) is 5.32 Å². The fraction of sp³-hybridized carbons (Fsp3) is 0.188. The van der Waals surface area contributed by atoms with Crippen molar-refractivity contribution >= 4 is 21.8 Å². The Bertz CT molecular complexity index is 660. The van der Waals surface area contributed by atoms with Crippen molar-refractivity contribution < 1.29 is 19.4 Å². The predicted octanol–water partition coefficient (Wildman–Crippen LogP) is 2.97. The lowest BCUT2D eigenvalue weighted by Crippen LogP contribution is -2.28. The molecular formula is C16H16BrNO4. The maximum absolute atomic E-state index is 12.0. The summed E-state index contributed by atoms with van der Waals surface area (Å²) in [5.41, 5.74) is 0.215. The summed E-state index contributed by atoms with van der Waals surface area (Å²) in [6.45, 7) is 0.601. The van der Waals surface area contributed by atoms with E-state index in [4.69, 9.17) is 9.47 Å². The van der Waals surface area contributed by atoms with E-state index in [0.29, 0.717) is 24.7 Å². The molecule has 0 heterocycles. The summed E-state index contributed by atoms with van der Waals surface area (Å²) >= 11 is 3.26. The molecule has 0 radical (unpaired) electrons. The van der Waals surface area contributed by atoms with Crippen LogP contribution in [0.15, 0.2) is 46.9 Å². The molecule has 0 aliphatic carbocycles. The molecule has 2 aromatic carbocycles. The zero-order valence-electron chi connectivity index (χ0n) is 12.0. The first-order valence-electron chi connectivity index (χ1n) is 6.64. The number of phenolic OH excluding ortho intramolecular Hbond substituents is 1. The number of methoxy groups -OCH3 is 1. The second-order valence-corrected chi connectivity index (χ2v) is 5.33. The van der Waals surface area contributed by atoms with E-state index in [2.05, 4.69) is 21.2 Å². The van der Waals surface area contributed by atoms with Gasteiger partial charge in [-0.25, -0.2) is 0 Å². The van der Waals surface area contributed by atoms with Gasteiger partial charge in [0.05, 0.1) is 19.2 Å². The second-order valence-electron chi connectivity index (χ2n) is 4.42. The minimum atomic E-state index is -0.359. The van der Waals surface area contributed by atoms with Gasteiger partial charge in [0.25, 0.3) is 5.91 Å². The third kappa shape index (κ3) is 4.14. The van der Waals surface area contributed by atoms with Crippen LogP contribution in [0.2, 0.25) is 0 Å². The normalized spacial score (nSPS) is 10.1. The number of amides is 1. The van der Waals surface area contributed by atoms with Crippen LogP contribution in [0.5, 0.6) is 17.2 Å². The van der Waals surface area contributed by atoms with E-state index in [9.17, 15) is 9.90 Å². The Morgan fingerprint density at radius 1 is 1.23 bits per heavy atom. The number of carbonyl (C=O) groups excluding carboxylic acids is 1. The molecular weight excluding hydrogens is 350 g/mol. The first-order valence-corrected chi connectivity index (χ1v) is 7.43. The Balaban J connectivity index is 1.86. The summed E-state index contributed by atoms with van der Waals surface area (Å²) in [6.07, 6.45) is 0. The Labute approximate surface area is 137 Å². The lowest BCUT2D eigenvalue weighted by molar-refractivity contribution is 0.0944. The molecule has 0 aliphatic rings. The van der Waals surface area contributed by atoms with Crippen molar-refractivity contribution in [2.45, 2.75) is 0 Å². The third-order valence-corrected chi connectivity index (χ3v) is 3.41. The summed E-state index contributed by atoms with van der Waals surface area (Å²) < 4.78 is 11.5. The van der Waals surface area contributed by atoms with Gasteiger partial charge in [-0.3, -0.25) is 4.79 Å². The molecule has 0 aliphatic heterocycles. The Hall–Kier alpha value is -2.21. The number of phenols is 1. The van der Waals surface area contributed by atoms with E-state index < -0.39 is 0 Å². The number of nitrogens with one attached hydrogen (secondary N) is 1. The van der Waals surface area contributed by atoms with Crippen LogP contribution in [-0.2, 0) is 0 Å². The summed E-state index contributed by atoms with van der Waals surface area (Å²) in [5.74, 6) is 0.830. The van der Waals surface area contributed by atoms with Crippen molar-refractivity contribution in [1.29, 1.82) is 0 Å². The van der Waals surface area contributed by atoms with Gasteiger partial charge >= 0.3 is 0 Å². The number of benzene rings is 2. The quantitative estimate of drug-likeness (QED) is 0.772. The average Bonchev–Trinajstić information content (AvgIpc) is 2.54. The number of para-hydroxylation sites is 2. The number of ether oxygens (including phenoxy) is 2. The zero-order chi connectivity index (χ0) is 15.9. The highest BCUT2D eigenvalue weighted by Gasteiger charge is 2.11. The lowest BCUT2D eigenvalue weighted by atomic mass is 10.2. The molecule has 0 fully saturated rings. The van der Waals surface area contributed by atoms with Gasteiger partial charge in [-0.1, -0.05) is 28.1 Å². The fourth-order valence-electron chi connectivity index (χ4n) is 1.85. The highest BCUT2D eigenvalue weighted by molar-refractivity contribution is 9.10. The summed E-state index contributed by atoms with van der Waals surface area (Å²) in [5, 5.41) is 12.4. The monoisotopic (exact) mass is 365 g/mol. The maximum atomic E-state index is 12.0. The van der Waals surface area contributed by atoms with Crippen LogP contribution in [0.4, 0.5) is 0 Å². The smallest absolute Gasteiger partial charge is 0.255 e. The van der Waals surface area contributed by atoms with Crippen LogP contribution in [0.3, 0.4) is 0 Å². The topological polar surface area (TPSA) is 67.8 Å². The van der Waals surface area contributed by atoms with Gasteiger partial charge in [0.1, 0.15) is 12.4 Å². The molecule has 5 nitrogen and oxygen atoms in total. The van der Waals surface area contributed by atoms with Crippen molar-refractivity contribution in [2.24, 2.45) is 0 Å². The van der Waals surface area contributed by atoms with Crippen LogP contribution >= 0.6 is 15.9 Å². The molecule has 0 saturated heterocycles. The van der Waals surface area contributed by atoms with Crippen molar-refractivity contribution in [3.63, 3.8) is 0 Å². The van der Waals surface area contributed by atoms with Crippen molar-refractivity contribution in [2.75, 3.05) is 20.3 Å². The van der Waals surface area contributed by atoms with Gasteiger partial charge in [0, 0.05) is 4.47 Å². The fourth-order valence-corrected chi connectivity index (χ4v) is 2.21. The van der Waals surface area contributed by atoms with Gasteiger partial charge in [-0.15, -0.1) is 0 Å². The summed E-state index contributed by atoms with van der Waals surface area (Å²) in [6, 6.07) is 12.0. The molecule has 0 spiro atoms. The van der Waals surface area contributed by atoms with E-state index in [0.717, 1.165) is 4.47 Å². The summed E-state index contributed by atoms with van der Waals surface area (Å²) in [4.78, 5) is 12.0. The number of carbonyl (C=O) groups is 1. The highest BCUT2D eigenvalue weighted by Crippen LogP contribution is 2.25. The zero-order valence-corrected chi connectivity index (χ0v) is 13.6. The molecule has 2 rings (SSSR count). The maximum Gasteiger partial charge on any atom is 0.255 e. The van der Waals surface area contributed by atoms with Crippen molar-refractivity contribution in [3.05, 3.63) is 52.5 Å². The Morgan fingerprint density at radius 2 is 1.95 bits per heavy atom. The van der Waals surface area contributed by atoms with Crippen LogP contribution in [0.1, 0.15) is 10.4 Å². The molecule has 0 saturated carbocycles. The first kappa shape index (κ1) is 16.2. The molecule has 6 heteroatoms. The van der Waals surface area contributed by atoms with E-state index >= 15 is 0 Å². The lowest BCUT2D eigenvalue weighted by Gasteiger charge is -2.11. The van der Waals surface area contributed by atoms with Crippen LogP contribution in [-0.4, -0.2) is 31.3 Å². The largest absolute Gasteiger partial charge is 0.507 e. The SMILES string of the molecule is COc1ccccc1OCCNC(=O)c1cc(Br)ccc1O. The van der Waals surface area contributed by atoms with Crippen LogP contribution in [0.25, 0.3) is 0 Å². The second kappa shape index (κ2) is 7.70. The molecule has 0 bridgehead atoms. The number of hydrogen-bond acceptors (Lipinski definition) is 4. The Kier molecular flexibility index (Phi) is 5.66. The summed E-state index contributed by atoms with van der Waals surface area (Å²) in [7, 11) is 1.57. The van der Waals surface area contributed by atoms with Crippen LogP contribution < -0.4 is 14.8 Å². The molecule has 2 aromatic rings. The van der Waals surface area contributed by atoms with Gasteiger partial charge in [-0.05, 0) is 30.3 Å². The highest BCUT2D eigenvalue weighted by atomic mass is 79.9. The number of aromatic hydroxyl groups is 1. The standard InChI is InChI=1S/C16H16BrNO4/c1-21-14-4-2-3-5-15(14)22-9-8-18-16(20)12-10-11(17)6-7-13(12)19/h2-7,10,19H,8-9H2,1H3,(H,18,20). The molecule has 0 aromatic heterocycles. The van der Waals surface area contributed by atoms with E-state index in [1.807, 2.05) is 12.1 Å². The molecule has 1 amide bonds. The van der Waals surface area contributed by atoms with Gasteiger partial charge in [-0.2, -0.15) is 0 Å². The number of rotatable bonds is 6. The predicted molar refractivity (Wildman–Crippen MR) is 86.6 cm³/mol. The third-order valence-electron chi connectivity index (χ3n) is 2.92. The average molecular weight is 366 g/mol. The van der Waals surface area contributed by atoms with Gasteiger partial charge in [0.2, 0.25) is 0 Å². The van der Waals surface area contributed by atoms with Crippen LogP contribution in [0, 0.1) is 0 Å². The minimum Gasteiger partial charge on any atom is -0.507 e. The van der Waals surface area contributed by atoms with Gasteiger partial charge < -0.3 is 19.9 Å². The molecule has 22 heavy (non-hydrogen) atoms. The molecule has 116 valence electrons. The van der Waals surface area contributed by atoms with E-state index in [-0.39, 0.29) is 17.2 Å².